The number of hydrogen-bond acceptors (Lipinski definition) is 4. The van der Waals surface area contributed by atoms with Crippen LogP contribution in [0.1, 0.15) is 17.0 Å². The van der Waals surface area contributed by atoms with Gasteiger partial charge in [-0.1, -0.05) is 17.3 Å². The number of benzene rings is 1. The third-order valence-corrected chi connectivity index (χ3v) is 3.42. The van der Waals surface area contributed by atoms with E-state index in [1.165, 1.54) is 10.5 Å². The molecule has 0 aliphatic heterocycles. The first-order valence-corrected chi connectivity index (χ1v) is 7.13. The number of nitrogens with zero attached hydrogens (tertiary/aromatic N) is 2. The summed E-state index contributed by atoms with van der Waals surface area (Å²) in [7, 11) is 2.09. The molecule has 4 heteroatoms. The Bertz CT molecular complexity index is 510. The van der Waals surface area contributed by atoms with Crippen molar-refractivity contribution in [2.45, 2.75) is 24.9 Å². The molecule has 0 saturated carbocycles. The fourth-order valence-electron chi connectivity index (χ4n) is 1.91. The lowest BCUT2D eigenvalue weighted by atomic mass is 10.2. The van der Waals surface area contributed by atoms with Crippen LogP contribution in [0, 0.1) is 6.92 Å². The minimum absolute atomic E-state index is 0.806. The van der Waals surface area contributed by atoms with Crippen molar-refractivity contribution in [2.75, 3.05) is 13.3 Å². The summed E-state index contributed by atoms with van der Waals surface area (Å²) in [5.74, 6) is 0.864. The summed E-state index contributed by atoms with van der Waals surface area (Å²) in [6.45, 7) is 3.64. The molecule has 0 radical (unpaired) electrons. The monoisotopic (exact) mass is 262 g/mol. The summed E-state index contributed by atoms with van der Waals surface area (Å²) >= 11 is 1.77. The highest BCUT2D eigenvalue weighted by Crippen LogP contribution is 2.17. The van der Waals surface area contributed by atoms with Crippen LogP contribution in [0.3, 0.4) is 0 Å². The Kier molecular flexibility index (Phi) is 4.44. The summed E-state index contributed by atoms with van der Waals surface area (Å²) in [6.07, 6.45) is 2.10. The molecular formula is C14H18N2OS. The van der Waals surface area contributed by atoms with Gasteiger partial charge in [-0.3, -0.25) is 4.90 Å². The van der Waals surface area contributed by atoms with Crippen molar-refractivity contribution >= 4 is 11.8 Å². The van der Waals surface area contributed by atoms with Crippen molar-refractivity contribution in [2.24, 2.45) is 0 Å². The summed E-state index contributed by atoms with van der Waals surface area (Å²) in [6, 6.07) is 10.6. The van der Waals surface area contributed by atoms with Crippen LogP contribution in [0.2, 0.25) is 0 Å². The molecule has 0 spiro atoms. The summed E-state index contributed by atoms with van der Waals surface area (Å²) in [4.78, 5) is 3.54. The lowest BCUT2D eigenvalue weighted by molar-refractivity contribution is 0.302. The second-order valence-corrected chi connectivity index (χ2v) is 5.33. The molecule has 0 unspecified atom stereocenters. The number of aryl methyl sites for hydroxylation is 1. The van der Waals surface area contributed by atoms with E-state index in [4.69, 9.17) is 4.52 Å². The number of thioether (sulfide) groups is 1. The largest absolute Gasteiger partial charge is 0.361 e. The maximum Gasteiger partial charge on any atom is 0.133 e. The molecule has 18 heavy (non-hydrogen) atoms. The van der Waals surface area contributed by atoms with Crippen LogP contribution in [0.5, 0.6) is 0 Å². The van der Waals surface area contributed by atoms with Gasteiger partial charge in [-0.05, 0) is 37.9 Å². The smallest absolute Gasteiger partial charge is 0.133 e. The van der Waals surface area contributed by atoms with Gasteiger partial charge in [-0.15, -0.1) is 11.8 Å². The highest BCUT2D eigenvalue weighted by Gasteiger charge is 2.06. The van der Waals surface area contributed by atoms with Gasteiger partial charge in [-0.2, -0.15) is 0 Å². The third kappa shape index (κ3) is 3.62. The molecule has 0 bridgehead atoms. The highest BCUT2D eigenvalue weighted by molar-refractivity contribution is 7.98. The van der Waals surface area contributed by atoms with Gasteiger partial charge < -0.3 is 4.52 Å². The van der Waals surface area contributed by atoms with E-state index in [1.54, 1.807) is 11.8 Å². The molecule has 1 heterocycles. The minimum Gasteiger partial charge on any atom is -0.361 e. The molecule has 1 aromatic heterocycles. The van der Waals surface area contributed by atoms with Gasteiger partial charge in [0.1, 0.15) is 5.76 Å². The Hall–Kier alpha value is -1.26. The Morgan fingerprint density at radius 2 is 2.11 bits per heavy atom. The standard InChI is InChI=1S/C14H18N2OS/c1-11-7-13(15-17-11)10-16(2)9-12-5-4-6-14(8-12)18-3/h4-8H,9-10H2,1-3H3. The van der Waals surface area contributed by atoms with Gasteiger partial charge in [0.2, 0.25) is 0 Å². The molecule has 0 atom stereocenters. The average Bonchev–Trinajstić information content (AvgIpc) is 2.74. The van der Waals surface area contributed by atoms with Crippen molar-refractivity contribution < 1.29 is 4.52 Å². The molecule has 0 saturated heterocycles. The maximum atomic E-state index is 5.07. The lowest BCUT2D eigenvalue weighted by Crippen LogP contribution is -2.17. The topological polar surface area (TPSA) is 29.3 Å². The number of hydrogen-bond donors (Lipinski definition) is 0. The van der Waals surface area contributed by atoms with Crippen molar-refractivity contribution in [1.29, 1.82) is 0 Å². The van der Waals surface area contributed by atoms with E-state index in [-0.39, 0.29) is 0 Å². The zero-order chi connectivity index (χ0) is 13.0. The normalized spacial score (nSPS) is 11.1. The van der Waals surface area contributed by atoms with E-state index in [9.17, 15) is 0 Å². The third-order valence-electron chi connectivity index (χ3n) is 2.70. The van der Waals surface area contributed by atoms with E-state index >= 15 is 0 Å². The van der Waals surface area contributed by atoms with Crippen LogP contribution in [0.25, 0.3) is 0 Å². The molecule has 3 nitrogen and oxygen atoms in total. The van der Waals surface area contributed by atoms with Gasteiger partial charge in [0.05, 0.1) is 5.69 Å². The van der Waals surface area contributed by atoms with Crippen molar-refractivity contribution in [3.8, 4) is 0 Å². The zero-order valence-electron chi connectivity index (χ0n) is 11.0. The van der Waals surface area contributed by atoms with Gasteiger partial charge in [0.15, 0.2) is 0 Å². The van der Waals surface area contributed by atoms with Crippen molar-refractivity contribution in [3.05, 3.63) is 47.3 Å². The molecule has 2 aromatic rings. The highest BCUT2D eigenvalue weighted by atomic mass is 32.2. The van der Waals surface area contributed by atoms with E-state index in [0.29, 0.717) is 0 Å². The van der Waals surface area contributed by atoms with E-state index in [2.05, 4.69) is 47.6 Å². The predicted octanol–water partition coefficient (Wildman–Crippen LogP) is 3.34. The maximum absolute atomic E-state index is 5.07. The summed E-state index contributed by atoms with van der Waals surface area (Å²) < 4.78 is 5.07. The van der Waals surface area contributed by atoms with Crippen LogP contribution >= 0.6 is 11.8 Å². The van der Waals surface area contributed by atoms with Gasteiger partial charge in [0.25, 0.3) is 0 Å². The van der Waals surface area contributed by atoms with E-state index < -0.39 is 0 Å². The molecule has 96 valence electrons. The molecule has 0 amide bonds. The van der Waals surface area contributed by atoms with Crippen LogP contribution in [-0.2, 0) is 13.1 Å². The van der Waals surface area contributed by atoms with Crippen molar-refractivity contribution in [3.63, 3.8) is 0 Å². The SMILES string of the molecule is CSc1cccc(CN(C)Cc2cc(C)on2)c1. The molecular weight excluding hydrogens is 244 g/mol. The molecule has 1 aromatic carbocycles. The number of rotatable bonds is 5. The minimum atomic E-state index is 0.806. The van der Waals surface area contributed by atoms with Crippen LogP contribution in [-0.4, -0.2) is 23.4 Å². The predicted molar refractivity (Wildman–Crippen MR) is 74.6 cm³/mol. The van der Waals surface area contributed by atoms with Crippen LogP contribution in [0.4, 0.5) is 0 Å². The second-order valence-electron chi connectivity index (χ2n) is 4.45. The van der Waals surface area contributed by atoms with Gasteiger partial charge in [0, 0.05) is 24.1 Å². The molecule has 0 fully saturated rings. The Labute approximate surface area is 112 Å². The average molecular weight is 262 g/mol. The van der Waals surface area contributed by atoms with Crippen LogP contribution < -0.4 is 0 Å². The number of aromatic nitrogens is 1. The van der Waals surface area contributed by atoms with Gasteiger partial charge >= 0.3 is 0 Å². The summed E-state index contributed by atoms with van der Waals surface area (Å²) in [5.41, 5.74) is 2.31. The first-order chi connectivity index (χ1) is 8.67. The lowest BCUT2D eigenvalue weighted by Gasteiger charge is -2.15. The first kappa shape index (κ1) is 13.2. The molecule has 0 N–H and O–H groups in total. The van der Waals surface area contributed by atoms with E-state index in [1.807, 2.05) is 13.0 Å². The summed E-state index contributed by atoms with van der Waals surface area (Å²) in [5, 5.41) is 4.01. The van der Waals surface area contributed by atoms with Crippen molar-refractivity contribution in [1.82, 2.24) is 10.1 Å². The van der Waals surface area contributed by atoms with Gasteiger partial charge in [-0.25, -0.2) is 0 Å². The molecule has 0 aliphatic rings. The Morgan fingerprint density at radius 3 is 2.78 bits per heavy atom. The first-order valence-electron chi connectivity index (χ1n) is 5.91. The van der Waals surface area contributed by atoms with Crippen LogP contribution in [0.15, 0.2) is 39.8 Å². The second kappa shape index (κ2) is 6.07. The fourth-order valence-corrected chi connectivity index (χ4v) is 2.39. The Balaban J connectivity index is 1.96. The Morgan fingerprint density at radius 1 is 1.28 bits per heavy atom. The zero-order valence-corrected chi connectivity index (χ0v) is 11.8. The fraction of sp³-hybridized carbons (Fsp3) is 0.357. The molecule has 2 rings (SSSR count). The quantitative estimate of drug-likeness (QED) is 0.773. The van der Waals surface area contributed by atoms with E-state index in [0.717, 1.165) is 24.5 Å². The molecule has 0 aliphatic carbocycles.